The van der Waals surface area contributed by atoms with Crippen molar-refractivity contribution in [1.29, 1.82) is 0 Å². The van der Waals surface area contributed by atoms with Gasteiger partial charge >= 0.3 is 0 Å². The predicted octanol–water partition coefficient (Wildman–Crippen LogP) is 2.42. The van der Waals surface area contributed by atoms with Crippen LogP contribution in [0.3, 0.4) is 0 Å². The first-order valence-electron chi connectivity index (χ1n) is 6.19. The Hall–Kier alpha value is -0.0500. The predicted molar refractivity (Wildman–Crippen MR) is 62.9 cm³/mol. The van der Waals surface area contributed by atoms with Crippen molar-refractivity contribution in [2.75, 3.05) is 11.9 Å². The van der Waals surface area contributed by atoms with Crippen LogP contribution in [-0.4, -0.2) is 28.7 Å². The summed E-state index contributed by atoms with van der Waals surface area (Å²) < 4.78 is 0. The molecule has 3 heteroatoms. The summed E-state index contributed by atoms with van der Waals surface area (Å²) in [7, 11) is 0. The normalized spacial score (nSPS) is 43.1. The first kappa shape index (κ1) is 10.1. The van der Waals surface area contributed by atoms with E-state index in [-0.39, 0.29) is 0 Å². The molecule has 0 spiro atoms. The Morgan fingerprint density at radius 2 is 1.93 bits per heavy atom. The minimum Gasteiger partial charge on any atom is -0.339 e. The van der Waals surface area contributed by atoms with Gasteiger partial charge in [-0.05, 0) is 37.5 Å². The number of hydrogen-bond donors (Lipinski definition) is 0. The fraction of sp³-hybridized carbons (Fsp3) is 0.917. The van der Waals surface area contributed by atoms with E-state index in [1.807, 2.05) is 0 Å². The van der Waals surface area contributed by atoms with Gasteiger partial charge in [-0.3, -0.25) is 4.79 Å². The minimum absolute atomic E-state index is 0.429. The van der Waals surface area contributed by atoms with E-state index in [0.29, 0.717) is 17.9 Å². The number of hydrogen-bond acceptors (Lipinski definition) is 1. The van der Waals surface area contributed by atoms with E-state index in [1.165, 1.54) is 32.1 Å². The molecule has 2 nitrogen and oxygen atoms in total. The average molecular weight is 272 g/mol. The zero-order valence-electron chi connectivity index (χ0n) is 8.99. The van der Waals surface area contributed by atoms with Gasteiger partial charge in [-0.25, -0.2) is 0 Å². The molecular formula is C12H18BrNO. The molecule has 3 fully saturated rings. The Labute approximate surface area is 99.5 Å². The van der Waals surface area contributed by atoms with E-state index >= 15 is 0 Å². The molecule has 15 heavy (non-hydrogen) atoms. The highest BCUT2D eigenvalue weighted by Crippen LogP contribution is 2.58. The third-order valence-electron chi connectivity index (χ3n) is 4.53. The molecule has 1 heterocycles. The van der Waals surface area contributed by atoms with Crippen LogP contribution in [0.25, 0.3) is 0 Å². The third-order valence-corrected chi connectivity index (χ3v) is 5.28. The quantitative estimate of drug-likeness (QED) is 0.707. The number of carbonyl (C=O) groups is 1. The van der Waals surface area contributed by atoms with Crippen LogP contribution in [-0.2, 0) is 4.79 Å². The zero-order valence-corrected chi connectivity index (χ0v) is 10.6. The van der Waals surface area contributed by atoms with Gasteiger partial charge in [0, 0.05) is 23.8 Å². The third kappa shape index (κ3) is 1.54. The van der Waals surface area contributed by atoms with Crippen LogP contribution in [0, 0.1) is 17.8 Å². The number of fused-ring (bicyclic) bond motifs is 1. The van der Waals surface area contributed by atoms with Gasteiger partial charge in [-0.2, -0.15) is 0 Å². The number of alkyl halides is 1. The molecule has 1 aliphatic heterocycles. The second-order valence-electron chi connectivity index (χ2n) is 5.27. The molecule has 0 bridgehead atoms. The Morgan fingerprint density at radius 3 is 2.60 bits per heavy atom. The molecule has 0 aromatic heterocycles. The Morgan fingerprint density at radius 1 is 1.20 bits per heavy atom. The summed E-state index contributed by atoms with van der Waals surface area (Å²) in [5.74, 6) is 2.45. The first-order chi connectivity index (χ1) is 7.33. The number of carbonyl (C=O) groups excluding carboxylic acids is 1. The van der Waals surface area contributed by atoms with Gasteiger partial charge in [0.2, 0.25) is 5.91 Å². The van der Waals surface area contributed by atoms with Gasteiger partial charge in [-0.1, -0.05) is 22.4 Å². The Kier molecular flexibility index (Phi) is 2.54. The Bertz CT molecular complexity index is 271. The fourth-order valence-electron chi connectivity index (χ4n) is 3.67. The van der Waals surface area contributed by atoms with Crippen molar-refractivity contribution in [3.05, 3.63) is 0 Å². The van der Waals surface area contributed by atoms with Crippen LogP contribution in [0.1, 0.15) is 32.1 Å². The van der Waals surface area contributed by atoms with Crippen molar-refractivity contribution in [2.45, 2.75) is 38.1 Å². The number of halogens is 1. The number of likely N-dealkylation sites (tertiary alicyclic amines) is 1. The van der Waals surface area contributed by atoms with Crippen LogP contribution < -0.4 is 0 Å². The molecule has 1 saturated heterocycles. The van der Waals surface area contributed by atoms with E-state index in [1.54, 1.807) is 0 Å². The summed E-state index contributed by atoms with van der Waals surface area (Å²) in [5, 5.41) is 0.959. The van der Waals surface area contributed by atoms with E-state index in [4.69, 9.17) is 0 Å². The standard InChI is InChI=1S/C12H18BrNO/c13-7-8-3-2-6-14(8)12(15)11-9-4-1-5-10(9)11/h8-11H,1-7H2. The number of amides is 1. The monoisotopic (exact) mass is 271 g/mol. The lowest BCUT2D eigenvalue weighted by atomic mass is 10.1. The molecule has 3 unspecified atom stereocenters. The highest BCUT2D eigenvalue weighted by Gasteiger charge is 2.58. The maximum absolute atomic E-state index is 12.3. The summed E-state index contributed by atoms with van der Waals surface area (Å²) in [5.41, 5.74) is 0. The highest BCUT2D eigenvalue weighted by atomic mass is 79.9. The minimum atomic E-state index is 0.429. The largest absolute Gasteiger partial charge is 0.339 e. The smallest absolute Gasteiger partial charge is 0.226 e. The number of nitrogens with zero attached hydrogens (tertiary/aromatic N) is 1. The fourth-order valence-corrected chi connectivity index (χ4v) is 4.34. The summed E-state index contributed by atoms with van der Waals surface area (Å²) >= 11 is 3.52. The molecular weight excluding hydrogens is 254 g/mol. The summed E-state index contributed by atoms with van der Waals surface area (Å²) in [6.45, 7) is 1.00. The van der Waals surface area contributed by atoms with Crippen LogP contribution in [0.15, 0.2) is 0 Å². The van der Waals surface area contributed by atoms with E-state index in [0.717, 1.165) is 23.7 Å². The summed E-state index contributed by atoms with van der Waals surface area (Å²) in [6.07, 6.45) is 6.38. The van der Waals surface area contributed by atoms with E-state index in [9.17, 15) is 4.79 Å². The molecule has 0 aromatic carbocycles. The second-order valence-corrected chi connectivity index (χ2v) is 5.91. The topological polar surface area (TPSA) is 20.3 Å². The first-order valence-corrected chi connectivity index (χ1v) is 7.31. The van der Waals surface area contributed by atoms with Crippen molar-refractivity contribution in [1.82, 2.24) is 4.90 Å². The SMILES string of the molecule is O=C(C1C2CCCC21)N1CCCC1CBr. The molecule has 3 aliphatic rings. The lowest BCUT2D eigenvalue weighted by Gasteiger charge is -2.23. The van der Waals surface area contributed by atoms with Crippen molar-refractivity contribution in [3.63, 3.8) is 0 Å². The summed E-state index contributed by atoms with van der Waals surface area (Å²) in [6, 6.07) is 0.485. The van der Waals surface area contributed by atoms with Gasteiger partial charge in [0.15, 0.2) is 0 Å². The van der Waals surface area contributed by atoms with Crippen molar-refractivity contribution < 1.29 is 4.79 Å². The van der Waals surface area contributed by atoms with Gasteiger partial charge in [-0.15, -0.1) is 0 Å². The zero-order chi connectivity index (χ0) is 10.4. The maximum Gasteiger partial charge on any atom is 0.226 e. The molecule has 0 radical (unpaired) electrons. The lowest BCUT2D eigenvalue weighted by Crippen LogP contribution is -2.38. The van der Waals surface area contributed by atoms with Crippen molar-refractivity contribution in [2.24, 2.45) is 17.8 Å². The molecule has 2 saturated carbocycles. The van der Waals surface area contributed by atoms with Crippen LogP contribution in [0.5, 0.6) is 0 Å². The molecule has 1 amide bonds. The lowest BCUT2D eigenvalue weighted by molar-refractivity contribution is -0.133. The molecule has 84 valence electrons. The van der Waals surface area contributed by atoms with Gasteiger partial charge in [0.05, 0.1) is 0 Å². The van der Waals surface area contributed by atoms with Crippen LogP contribution >= 0.6 is 15.9 Å². The molecule has 0 aromatic rings. The second kappa shape index (κ2) is 3.76. The summed E-state index contributed by atoms with van der Waals surface area (Å²) in [4.78, 5) is 14.4. The molecule has 2 aliphatic carbocycles. The van der Waals surface area contributed by atoms with Gasteiger partial charge < -0.3 is 4.90 Å². The molecule has 3 rings (SSSR count). The maximum atomic E-state index is 12.3. The van der Waals surface area contributed by atoms with Gasteiger partial charge in [0.1, 0.15) is 0 Å². The molecule has 3 atom stereocenters. The number of rotatable bonds is 2. The van der Waals surface area contributed by atoms with E-state index < -0.39 is 0 Å². The van der Waals surface area contributed by atoms with Crippen molar-refractivity contribution >= 4 is 21.8 Å². The van der Waals surface area contributed by atoms with Crippen LogP contribution in [0.2, 0.25) is 0 Å². The average Bonchev–Trinajstić information content (AvgIpc) is 2.72. The van der Waals surface area contributed by atoms with Crippen molar-refractivity contribution in [3.8, 4) is 0 Å². The van der Waals surface area contributed by atoms with Gasteiger partial charge in [0.25, 0.3) is 0 Å². The highest BCUT2D eigenvalue weighted by molar-refractivity contribution is 9.09. The van der Waals surface area contributed by atoms with E-state index in [2.05, 4.69) is 20.8 Å². The van der Waals surface area contributed by atoms with Crippen LogP contribution in [0.4, 0.5) is 0 Å². The molecule has 0 N–H and O–H groups in total. The Balaban J connectivity index is 1.65.